The van der Waals surface area contributed by atoms with Crippen LogP contribution in [0.4, 0.5) is 0 Å². The van der Waals surface area contributed by atoms with Gasteiger partial charge in [-0.15, -0.1) is 0 Å². The highest BCUT2D eigenvalue weighted by atomic mass is 16.2. The van der Waals surface area contributed by atoms with Crippen LogP contribution in [0.5, 0.6) is 0 Å². The summed E-state index contributed by atoms with van der Waals surface area (Å²) in [6, 6.07) is 10.6. The third-order valence-corrected chi connectivity index (χ3v) is 13.3. The first-order valence-electron chi connectivity index (χ1n) is 23.1. The minimum atomic E-state index is -1.12. The van der Waals surface area contributed by atoms with Crippen molar-refractivity contribution < 1.29 is 33.6 Å². The normalized spacial score (nSPS) is 26.0. The molecule has 0 bridgehead atoms. The number of aromatic amines is 1. The summed E-state index contributed by atoms with van der Waals surface area (Å²) in [5.41, 5.74) is 13.6. The maximum absolute atomic E-state index is 15.1. The first-order valence-corrected chi connectivity index (χ1v) is 23.1. The van der Waals surface area contributed by atoms with Crippen molar-refractivity contribution in [1.29, 1.82) is 0 Å². The molecule has 1 aromatic heterocycles. The smallest absolute Gasteiger partial charge is 0.246 e. The van der Waals surface area contributed by atoms with Gasteiger partial charge < -0.3 is 52.8 Å². The monoisotopic (exact) mass is 893 g/mol. The van der Waals surface area contributed by atoms with Gasteiger partial charge in [-0.1, -0.05) is 61.4 Å². The topological polar surface area (TPSA) is 266 Å². The number of nitrogens with one attached hydrogen (secondary N) is 6. The highest BCUT2D eigenvalue weighted by Gasteiger charge is 2.51. The molecule has 7 amide bonds. The number of rotatable bonds is 11. The second kappa shape index (κ2) is 21.5. The number of amides is 7. The summed E-state index contributed by atoms with van der Waals surface area (Å²) >= 11 is 0. The van der Waals surface area contributed by atoms with Crippen molar-refractivity contribution >= 4 is 58.2 Å². The summed E-state index contributed by atoms with van der Waals surface area (Å²) in [6.07, 6.45) is 7.65. The molecule has 0 unspecified atom stereocenters. The van der Waals surface area contributed by atoms with Gasteiger partial charge in [0.05, 0.1) is 0 Å². The average Bonchev–Trinajstić information content (AvgIpc) is 4.05. The molecule has 18 nitrogen and oxygen atoms in total. The van der Waals surface area contributed by atoms with Crippen molar-refractivity contribution in [3.8, 4) is 0 Å². The quantitative estimate of drug-likeness (QED) is 0.0775. The maximum atomic E-state index is 15.1. The Morgan fingerprint density at radius 1 is 0.831 bits per heavy atom. The van der Waals surface area contributed by atoms with Crippen LogP contribution in [0.1, 0.15) is 88.7 Å². The second-order valence-electron chi connectivity index (χ2n) is 17.9. The fourth-order valence-corrected chi connectivity index (χ4v) is 10.2. The summed E-state index contributed by atoms with van der Waals surface area (Å²) < 4.78 is 0. The van der Waals surface area contributed by atoms with Crippen molar-refractivity contribution in [3.63, 3.8) is 0 Å². The van der Waals surface area contributed by atoms with Crippen LogP contribution in [0.25, 0.3) is 10.9 Å². The van der Waals surface area contributed by atoms with E-state index in [2.05, 4.69) is 36.6 Å². The molecule has 1 saturated carbocycles. The molecule has 0 radical (unpaired) electrons. The van der Waals surface area contributed by atoms with E-state index in [1.165, 1.54) is 11.8 Å². The minimum Gasteiger partial charge on any atom is -0.370 e. The van der Waals surface area contributed by atoms with Crippen molar-refractivity contribution in [3.05, 3.63) is 71.9 Å². The lowest BCUT2D eigenvalue weighted by atomic mass is 9.84. The Bertz CT molecular complexity index is 2240. The van der Waals surface area contributed by atoms with Crippen LogP contribution < -0.4 is 38.1 Å². The molecule has 65 heavy (non-hydrogen) atoms. The Labute approximate surface area is 378 Å². The number of fused-ring (bicyclic) bond motifs is 5. The Hall–Kier alpha value is -6.46. The van der Waals surface area contributed by atoms with Gasteiger partial charge in [-0.2, -0.15) is 0 Å². The largest absolute Gasteiger partial charge is 0.370 e. The van der Waals surface area contributed by atoms with E-state index in [9.17, 15) is 28.8 Å². The summed E-state index contributed by atoms with van der Waals surface area (Å²) in [5.74, 6) is -3.34. The van der Waals surface area contributed by atoms with Crippen molar-refractivity contribution in [2.24, 2.45) is 22.4 Å². The lowest BCUT2D eigenvalue weighted by Crippen LogP contribution is -2.60. The third kappa shape index (κ3) is 11.4. The van der Waals surface area contributed by atoms with Gasteiger partial charge in [0.25, 0.3) is 0 Å². The highest BCUT2D eigenvalue weighted by Crippen LogP contribution is 2.41. The number of aromatic nitrogens is 1. The summed E-state index contributed by atoms with van der Waals surface area (Å²) in [5, 5.41) is 15.3. The molecule has 4 fully saturated rings. The molecule has 4 heterocycles. The first kappa shape index (κ1) is 46.5. The van der Waals surface area contributed by atoms with E-state index in [0.717, 1.165) is 41.3 Å². The van der Waals surface area contributed by atoms with Crippen molar-refractivity contribution in [2.45, 2.75) is 133 Å². The van der Waals surface area contributed by atoms with Crippen LogP contribution in [0, 0.1) is 5.92 Å². The first-order chi connectivity index (χ1) is 31.4. The predicted molar refractivity (Wildman–Crippen MR) is 243 cm³/mol. The number of carbonyl (C=O) groups is 7. The lowest BCUT2D eigenvalue weighted by molar-refractivity contribution is -0.150. The molecule has 3 aromatic rings. The molecule has 4 aliphatic rings. The standard InChI is InChI=1S/C47H63N11O7/c1-28(59)53-36(24-29-12-3-2-4-13-29)42(61)55-35-18-10-21-50-41(60)34(17-9-22-51-47(48)49)54-43(62)37(25-31-27-52-33-16-7-6-15-32(31)33)56-44(63)40-26-30-14-5-8-19-38(30)58(40)46(65)39-20-11-23-57(39)45(35)64/h2-4,6-7,12-13,15-16,27,30,34-40,52H,5,8-11,14,17-26H2,1H3,(H,50,60)(H,53,59)(H,54,62)(H,55,61)(H,56,63)(H4,48,49,51)/t30-,34-,35-,36-,37-,38-,39-,40-/m0/s1. The van der Waals surface area contributed by atoms with Crippen LogP contribution in [0.2, 0.25) is 0 Å². The molecular weight excluding hydrogens is 831 g/mol. The van der Waals surface area contributed by atoms with Gasteiger partial charge in [-0.05, 0) is 80.9 Å². The van der Waals surface area contributed by atoms with E-state index in [4.69, 9.17) is 11.5 Å². The lowest BCUT2D eigenvalue weighted by Gasteiger charge is -2.38. The number of hydrogen-bond acceptors (Lipinski definition) is 8. The number of hydrogen-bond donors (Lipinski definition) is 8. The fourth-order valence-electron chi connectivity index (χ4n) is 10.2. The average molecular weight is 894 g/mol. The van der Waals surface area contributed by atoms with E-state index in [0.29, 0.717) is 32.1 Å². The van der Waals surface area contributed by atoms with E-state index in [1.54, 1.807) is 11.1 Å². The number of nitrogens with zero attached hydrogens (tertiary/aromatic N) is 3. The van der Waals surface area contributed by atoms with E-state index in [1.807, 2.05) is 54.6 Å². The van der Waals surface area contributed by atoms with E-state index in [-0.39, 0.29) is 75.6 Å². The fraction of sp³-hybridized carbons (Fsp3) is 0.532. The molecule has 7 rings (SSSR count). The number of nitrogens with two attached hydrogens (primary N) is 2. The van der Waals surface area contributed by atoms with Crippen LogP contribution in [-0.2, 0) is 46.4 Å². The number of para-hydroxylation sites is 1. The Balaban J connectivity index is 1.21. The molecule has 0 spiro atoms. The molecule has 1 aliphatic carbocycles. The SMILES string of the molecule is CC(=O)N[C@@H](Cc1ccccc1)C(=O)N[C@H]1CCCNC(=O)[C@H](CCCN=C(N)N)NC(=O)[C@H](Cc2c[nH]c3ccccc23)NC(=O)[C@@H]2C[C@@H]3CCCC[C@@H]3N2C(=O)[C@@H]2CCCN2C1=O. The summed E-state index contributed by atoms with van der Waals surface area (Å²) in [7, 11) is 0. The van der Waals surface area contributed by atoms with E-state index < -0.39 is 71.7 Å². The summed E-state index contributed by atoms with van der Waals surface area (Å²) in [4.78, 5) is 110. The molecule has 8 atom stereocenters. The molecule has 348 valence electrons. The molecule has 3 aliphatic heterocycles. The number of aliphatic imine (C=N–C) groups is 1. The molecule has 18 heteroatoms. The summed E-state index contributed by atoms with van der Waals surface area (Å²) in [6.45, 7) is 1.87. The maximum Gasteiger partial charge on any atom is 0.246 e. The van der Waals surface area contributed by atoms with Crippen molar-refractivity contribution in [2.75, 3.05) is 19.6 Å². The van der Waals surface area contributed by atoms with Gasteiger partial charge in [0, 0.05) is 62.5 Å². The Kier molecular flexibility index (Phi) is 15.4. The predicted octanol–water partition coefficient (Wildman–Crippen LogP) is 1.03. The van der Waals surface area contributed by atoms with E-state index >= 15 is 4.79 Å². The van der Waals surface area contributed by atoms with Crippen LogP contribution in [0.15, 0.2) is 65.8 Å². The van der Waals surface area contributed by atoms with Gasteiger partial charge in [0.1, 0.15) is 36.3 Å². The van der Waals surface area contributed by atoms with Gasteiger partial charge in [0.2, 0.25) is 41.4 Å². The zero-order valence-electron chi connectivity index (χ0n) is 37.1. The van der Waals surface area contributed by atoms with Crippen LogP contribution in [0.3, 0.4) is 0 Å². The minimum absolute atomic E-state index is 0.0599. The third-order valence-electron chi connectivity index (χ3n) is 13.3. The number of benzene rings is 2. The number of carbonyl (C=O) groups excluding carboxylic acids is 7. The molecule has 3 saturated heterocycles. The van der Waals surface area contributed by atoms with Gasteiger partial charge in [0.15, 0.2) is 5.96 Å². The van der Waals surface area contributed by atoms with Gasteiger partial charge in [-0.25, -0.2) is 0 Å². The number of H-pyrrole nitrogens is 1. The highest BCUT2D eigenvalue weighted by molar-refractivity contribution is 5.98. The number of guanidine groups is 1. The van der Waals surface area contributed by atoms with Gasteiger partial charge >= 0.3 is 0 Å². The zero-order valence-corrected chi connectivity index (χ0v) is 37.1. The van der Waals surface area contributed by atoms with Gasteiger partial charge in [-0.3, -0.25) is 38.6 Å². The van der Waals surface area contributed by atoms with Crippen LogP contribution in [-0.4, -0.2) is 124 Å². The Morgan fingerprint density at radius 2 is 1.58 bits per heavy atom. The molecule has 2 aromatic carbocycles. The zero-order chi connectivity index (χ0) is 46.0. The second-order valence-corrected chi connectivity index (χ2v) is 17.9. The van der Waals surface area contributed by atoms with Crippen molar-refractivity contribution in [1.82, 2.24) is 41.4 Å². The van der Waals surface area contributed by atoms with Crippen LogP contribution >= 0.6 is 0 Å². The molecule has 10 N–H and O–H groups in total. The molecular formula is C47H63N11O7. The Morgan fingerprint density at radius 3 is 2.37 bits per heavy atom.